The fourth-order valence-electron chi connectivity index (χ4n) is 3.24. The predicted octanol–water partition coefficient (Wildman–Crippen LogP) is 2.91. The third-order valence-electron chi connectivity index (χ3n) is 4.82. The van der Waals surface area contributed by atoms with E-state index in [1.807, 2.05) is 30.3 Å². The van der Waals surface area contributed by atoms with Gasteiger partial charge in [-0.1, -0.05) is 49.8 Å². The highest BCUT2D eigenvalue weighted by molar-refractivity contribution is 6.10. The zero-order valence-electron chi connectivity index (χ0n) is 12.9. The quantitative estimate of drug-likeness (QED) is 0.621. The number of Topliss-reactive ketones (excluding diaryl/α,β-unsaturated/α-hetero) is 1. The summed E-state index contributed by atoms with van der Waals surface area (Å²) in [5.41, 5.74) is 1.80. The van der Waals surface area contributed by atoms with E-state index in [0.717, 1.165) is 25.2 Å². The first-order valence-corrected chi connectivity index (χ1v) is 8.19. The number of nitrogens with one attached hydrogen (secondary N) is 1. The average Bonchev–Trinajstić information content (AvgIpc) is 3.29. The highest BCUT2D eigenvalue weighted by Gasteiger charge is 2.40. The van der Waals surface area contributed by atoms with Crippen LogP contribution in [0.5, 0.6) is 0 Å². The van der Waals surface area contributed by atoms with E-state index in [1.54, 1.807) is 0 Å². The van der Waals surface area contributed by atoms with Crippen LogP contribution >= 0.6 is 0 Å². The summed E-state index contributed by atoms with van der Waals surface area (Å²) in [6.45, 7) is 4.53. The Morgan fingerprint density at radius 2 is 1.95 bits per heavy atom. The third kappa shape index (κ3) is 3.46. The van der Waals surface area contributed by atoms with Gasteiger partial charge in [-0.2, -0.15) is 0 Å². The number of allylic oxidation sites excluding steroid dienone is 1. The molecule has 1 heterocycles. The van der Waals surface area contributed by atoms with Crippen molar-refractivity contribution in [2.45, 2.75) is 32.1 Å². The summed E-state index contributed by atoms with van der Waals surface area (Å²) in [6, 6.07) is 10.1. The highest BCUT2D eigenvalue weighted by Crippen LogP contribution is 2.35. The summed E-state index contributed by atoms with van der Waals surface area (Å²) >= 11 is 0. The fourth-order valence-corrected chi connectivity index (χ4v) is 3.24. The van der Waals surface area contributed by atoms with Crippen molar-refractivity contribution in [1.82, 2.24) is 5.32 Å². The van der Waals surface area contributed by atoms with Crippen LogP contribution in [0, 0.1) is 17.8 Å². The van der Waals surface area contributed by atoms with Gasteiger partial charge in [0.05, 0.1) is 0 Å². The van der Waals surface area contributed by atoms with Crippen molar-refractivity contribution in [3.8, 4) is 0 Å². The minimum absolute atomic E-state index is 0.0417. The number of benzene rings is 1. The Morgan fingerprint density at radius 1 is 1.23 bits per heavy atom. The number of amides is 1. The fraction of sp³-hybridized carbons (Fsp3) is 0.474. The maximum Gasteiger partial charge on any atom is 0.231 e. The van der Waals surface area contributed by atoms with Gasteiger partial charge in [0.25, 0.3) is 0 Å². The molecule has 1 aliphatic carbocycles. The molecule has 1 aliphatic heterocycles. The van der Waals surface area contributed by atoms with E-state index in [-0.39, 0.29) is 17.6 Å². The van der Waals surface area contributed by atoms with Crippen molar-refractivity contribution < 1.29 is 9.59 Å². The van der Waals surface area contributed by atoms with E-state index in [1.165, 1.54) is 18.4 Å². The van der Waals surface area contributed by atoms with Gasteiger partial charge in [-0.25, -0.2) is 0 Å². The van der Waals surface area contributed by atoms with E-state index in [0.29, 0.717) is 12.1 Å². The molecule has 116 valence electrons. The third-order valence-corrected chi connectivity index (χ3v) is 4.82. The van der Waals surface area contributed by atoms with Crippen LogP contribution in [0.2, 0.25) is 0 Å². The maximum absolute atomic E-state index is 12.6. The molecule has 2 atom stereocenters. The van der Waals surface area contributed by atoms with Crippen LogP contribution < -0.4 is 5.32 Å². The van der Waals surface area contributed by atoms with Crippen molar-refractivity contribution >= 4 is 11.7 Å². The second-order valence-corrected chi connectivity index (χ2v) is 6.62. The first-order valence-electron chi connectivity index (χ1n) is 8.19. The molecule has 0 bridgehead atoms. The van der Waals surface area contributed by atoms with Crippen LogP contribution in [-0.2, 0) is 16.0 Å². The van der Waals surface area contributed by atoms with E-state index in [4.69, 9.17) is 0 Å². The van der Waals surface area contributed by atoms with Gasteiger partial charge in [0.2, 0.25) is 5.91 Å². The molecule has 1 N–H and O–H groups in total. The van der Waals surface area contributed by atoms with Gasteiger partial charge in [0, 0.05) is 6.54 Å². The molecule has 3 nitrogen and oxygen atoms in total. The van der Waals surface area contributed by atoms with Gasteiger partial charge >= 0.3 is 0 Å². The summed E-state index contributed by atoms with van der Waals surface area (Å²) in [5.74, 6) is 0.101. The highest BCUT2D eigenvalue weighted by atomic mass is 16.2. The van der Waals surface area contributed by atoms with E-state index >= 15 is 0 Å². The number of carbonyl (C=O) groups excluding carboxylic acids is 2. The Bertz CT molecular complexity index is 574. The van der Waals surface area contributed by atoms with Gasteiger partial charge in [0.15, 0.2) is 5.78 Å². The number of ketones is 1. The molecule has 3 rings (SSSR count). The molecular formula is C19H23NO2. The number of hydrogen-bond donors (Lipinski definition) is 1. The smallest absolute Gasteiger partial charge is 0.231 e. The standard InChI is InChI=1S/C19H23NO2/c1-13(7-8-14-9-10-14)18(21)17-16(12-20-19(17)22)11-15-5-3-2-4-6-15/h2-6,14,16-17H,1,7-12H2,(H,20,22). The Labute approximate surface area is 131 Å². The van der Waals surface area contributed by atoms with Crippen molar-refractivity contribution in [3.63, 3.8) is 0 Å². The van der Waals surface area contributed by atoms with Crippen molar-refractivity contribution in [3.05, 3.63) is 48.0 Å². The molecule has 0 aromatic heterocycles. The molecule has 2 unspecified atom stereocenters. The van der Waals surface area contributed by atoms with Crippen LogP contribution in [0.15, 0.2) is 42.5 Å². The van der Waals surface area contributed by atoms with E-state index < -0.39 is 5.92 Å². The zero-order valence-corrected chi connectivity index (χ0v) is 12.9. The SMILES string of the molecule is C=C(CCC1CC1)C(=O)C1C(=O)NCC1Cc1ccccc1. The van der Waals surface area contributed by atoms with Gasteiger partial charge in [-0.05, 0) is 42.2 Å². The van der Waals surface area contributed by atoms with Crippen LogP contribution in [0.25, 0.3) is 0 Å². The molecule has 1 amide bonds. The van der Waals surface area contributed by atoms with Crippen LogP contribution in [0.1, 0.15) is 31.2 Å². The summed E-state index contributed by atoms with van der Waals surface area (Å²) in [7, 11) is 0. The molecule has 1 aromatic rings. The van der Waals surface area contributed by atoms with Crippen LogP contribution in [0.4, 0.5) is 0 Å². The second kappa shape index (κ2) is 6.47. The summed E-state index contributed by atoms with van der Waals surface area (Å²) in [4.78, 5) is 24.7. The number of hydrogen-bond acceptors (Lipinski definition) is 2. The van der Waals surface area contributed by atoms with Gasteiger partial charge < -0.3 is 5.32 Å². The summed E-state index contributed by atoms with van der Waals surface area (Å²) < 4.78 is 0. The monoisotopic (exact) mass is 297 g/mol. The zero-order chi connectivity index (χ0) is 15.5. The average molecular weight is 297 g/mol. The van der Waals surface area contributed by atoms with Gasteiger partial charge in [-0.15, -0.1) is 0 Å². The number of carbonyl (C=O) groups is 2. The lowest BCUT2D eigenvalue weighted by molar-refractivity contribution is -0.130. The molecule has 2 fully saturated rings. The second-order valence-electron chi connectivity index (χ2n) is 6.62. The molecule has 0 spiro atoms. The Hall–Kier alpha value is -1.90. The molecule has 1 saturated carbocycles. The predicted molar refractivity (Wildman–Crippen MR) is 86.2 cm³/mol. The minimum atomic E-state index is -0.549. The topological polar surface area (TPSA) is 46.2 Å². The maximum atomic E-state index is 12.6. The lowest BCUT2D eigenvalue weighted by Crippen LogP contribution is -2.29. The largest absolute Gasteiger partial charge is 0.355 e. The molecule has 2 aliphatic rings. The van der Waals surface area contributed by atoms with Crippen molar-refractivity contribution in [2.75, 3.05) is 6.54 Å². The molecule has 22 heavy (non-hydrogen) atoms. The lowest BCUT2D eigenvalue weighted by atomic mass is 9.83. The molecule has 1 saturated heterocycles. The molecule has 1 aromatic carbocycles. The van der Waals surface area contributed by atoms with E-state index in [2.05, 4.69) is 11.9 Å². The van der Waals surface area contributed by atoms with Crippen LogP contribution in [-0.4, -0.2) is 18.2 Å². The minimum Gasteiger partial charge on any atom is -0.355 e. The van der Waals surface area contributed by atoms with Gasteiger partial charge in [0.1, 0.15) is 5.92 Å². The number of rotatable bonds is 7. The molecular weight excluding hydrogens is 274 g/mol. The lowest BCUT2D eigenvalue weighted by Gasteiger charge is -2.17. The summed E-state index contributed by atoms with van der Waals surface area (Å²) in [6.07, 6.45) is 5.10. The van der Waals surface area contributed by atoms with Crippen LogP contribution in [0.3, 0.4) is 0 Å². The first-order chi connectivity index (χ1) is 10.6. The Morgan fingerprint density at radius 3 is 2.64 bits per heavy atom. The van der Waals surface area contributed by atoms with Gasteiger partial charge in [-0.3, -0.25) is 9.59 Å². The Kier molecular flexibility index (Phi) is 4.41. The van der Waals surface area contributed by atoms with Crippen molar-refractivity contribution in [2.24, 2.45) is 17.8 Å². The van der Waals surface area contributed by atoms with E-state index in [9.17, 15) is 9.59 Å². The molecule has 3 heteroatoms. The Balaban J connectivity index is 1.64. The summed E-state index contributed by atoms with van der Waals surface area (Å²) in [5, 5.41) is 2.85. The molecule has 0 radical (unpaired) electrons. The normalized spacial score (nSPS) is 24.1. The first kappa shape index (κ1) is 15.0. The van der Waals surface area contributed by atoms with Crippen molar-refractivity contribution in [1.29, 1.82) is 0 Å².